The molecule has 2 heterocycles. The summed E-state index contributed by atoms with van der Waals surface area (Å²) in [5.74, 6) is 0. The lowest BCUT2D eigenvalue weighted by molar-refractivity contribution is 0.136. The van der Waals surface area contributed by atoms with Gasteiger partial charge in [0.1, 0.15) is 0 Å². The van der Waals surface area contributed by atoms with Crippen molar-refractivity contribution >= 4 is 11.3 Å². The summed E-state index contributed by atoms with van der Waals surface area (Å²) >= 11 is 1.85. The monoisotopic (exact) mass is 249 g/mol. The zero-order valence-corrected chi connectivity index (χ0v) is 11.0. The summed E-state index contributed by atoms with van der Waals surface area (Å²) in [7, 11) is 0. The third-order valence-electron chi connectivity index (χ3n) is 3.26. The lowest BCUT2D eigenvalue weighted by atomic mass is 10.2. The topological polar surface area (TPSA) is 30.3 Å². The van der Waals surface area contributed by atoms with E-state index in [-0.39, 0.29) is 0 Å². The largest absolute Gasteiger partial charge is 0.300 e. The molecule has 1 aliphatic heterocycles. The minimum Gasteiger partial charge on any atom is -0.300 e. The van der Waals surface area contributed by atoms with Crippen molar-refractivity contribution in [3.05, 3.63) is 22.4 Å². The first-order valence-corrected chi connectivity index (χ1v) is 7.10. The summed E-state index contributed by atoms with van der Waals surface area (Å²) < 4.78 is 0. The van der Waals surface area contributed by atoms with Crippen LogP contribution in [0.5, 0.6) is 0 Å². The Morgan fingerprint density at radius 2 is 1.88 bits per heavy atom. The Balaban J connectivity index is 1.64. The van der Waals surface area contributed by atoms with Gasteiger partial charge in [-0.05, 0) is 17.9 Å². The van der Waals surface area contributed by atoms with Crippen LogP contribution in [-0.2, 0) is 6.42 Å². The van der Waals surface area contributed by atoms with E-state index in [4.69, 9.17) is 5.26 Å². The van der Waals surface area contributed by atoms with E-state index in [2.05, 4.69) is 33.4 Å². The van der Waals surface area contributed by atoms with Gasteiger partial charge in [-0.1, -0.05) is 6.07 Å². The maximum absolute atomic E-state index is 8.55. The Kier molecular flexibility index (Phi) is 4.99. The predicted octanol–water partition coefficient (Wildman–Crippen LogP) is 1.82. The van der Waals surface area contributed by atoms with Crippen molar-refractivity contribution in [2.24, 2.45) is 0 Å². The fourth-order valence-corrected chi connectivity index (χ4v) is 2.87. The number of nitrogens with zero attached hydrogens (tertiary/aromatic N) is 3. The molecule has 0 unspecified atom stereocenters. The fraction of sp³-hybridized carbons (Fsp3) is 0.615. The molecule has 1 aliphatic rings. The zero-order valence-electron chi connectivity index (χ0n) is 10.1. The standard InChI is InChI=1S/C13H19N3S/c14-5-2-6-15-8-10-16(11-9-15)7-4-13-3-1-12-17-13/h1,3,12H,2,4,6-11H2. The van der Waals surface area contributed by atoms with E-state index in [1.807, 2.05) is 11.3 Å². The van der Waals surface area contributed by atoms with Gasteiger partial charge in [0.05, 0.1) is 6.07 Å². The number of nitriles is 1. The van der Waals surface area contributed by atoms with Crippen LogP contribution in [0.1, 0.15) is 11.3 Å². The molecule has 3 nitrogen and oxygen atoms in total. The highest BCUT2D eigenvalue weighted by molar-refractivity contribution is 7.09. The van der Waals surface area contributed by atoms with E-state index in [1.165, 1.54) is 17.8 Å². The third kappa shape index (κ3) is 4.12. The van der Waals surface area contributed by atoms with Crippen LogP contribution in [0.25, 0.3) is 0 Å². The summed E-state index contributed by atoms with van der Waals surface area (Å²) in [6.45, 7) is 6.65. The van der Waals surface area contributed by atoms with Gasteiger partial charge in [0, 0.05) is 50.6 Å². The first-order chi connectivity index (χ1) is 8.38. The molecule has 0 atom stereocenters. The van der Waals surface area contributed by atoms with Crippen molar-refractivity contribution in [1.82, 2.24) is 9.80 Å². The molecular formula is C13H19N3S. The van der Waals surface area contributed by atoms with Gasteiger partial charge in [0.15, 0.2) is 0 Å². The molecule has 92 valence electrons. The summed E-state index contributed by atoms with van der Waals surface area (Å²) in [5.41, 5.74) is 0. The lowest BCUT2D eigenvalue weighted by Gasteiger charge is -2.34. The van der Waals surface area contributed by atoms with E-state index in [1.54, 1.807) is 0 Å². The Labute approximate surface area is 107 Å². The first-order valence-electron chi connectivity index (χ1n) is 6.22. The summed E-state index contributed by atoms with van der Waals surface area (Å²) in [6, 6.07) is 6.56. The first kappa shape index (κ1) is 12.6. The minimum absolute atomic E-state index is 0.662. The summed E-state index contributed by atoms with van der Waals surface area (Å²) in [6.07, 6.45) is 1.84. The number of thiophene rings is 1. The van der Waals surface area contributed by atoms with Crippen LogP contribution in [0.3, 0.4) is 0 Å². The van der Waals surface area contributed by atoms with E-state index < -0.39 is 0 Å². The van der Waals surface area contributed by atoms with Gasteiger partial charge >= 0.3 is 0 Å². The Morgan fingerprint density at radius 3 is 2.47 bits per heavy atom. The number of rotatable bonds is 5. The highest BCUT2D eigenvalue weighted by Gasteiger charge is 2.15. The molecule has 0 aliphatic carbocycles. The van der Waals surface area contributed by atoms with Crippen LogP contribution in [0, 0.1) is 11.3 Å². The van der Waals surface area contributed by atoms with Crippen molar-refractivity contribution in [3.63, 3.8) is 0 Å². The summed E-state index contributed by atoms with van der Waals surface area (Å²) in [4.78, 5) is 6.41. The highest BCUT2D eigenvalue weighted by Crippen LogP contribution is 2.10. The van der Waals surface area contributed by atoms with Crippen molar-refractivity contribution < 1.29 is 0 Å². The van der Waals surface area contributed by atoms with Crippen molar-refractivity contribution in [3.8, 4) is 6.07 Å². The second-order valence-electron chi connectivity index (χ2n) is 4.42. The number of hydrogen-bond donors (Lipinski definition) is 0. The van der Waals surface area contributed by atoms with E-state index in [0.717, 1.165) is 32.7 Å². The second-order valence-corrected chi connectivity index (χ2v) is 5.45. The smallest absolute Gasteiger partial charge is 0.0635 e. The van der Waals surface area contributed by atoms with Gasteiger partial charge < -0.3 is 4.90 Å². The molecule has 0 bridgehead atoms. The van der Waals surface area contributed by atoms with Gasteiger partial charge in [0.25, 0.3) is 0 Å². The van der Waals surface area contributed by atoms with Gasteiger partial charge in [-0.15, -0.1) is 11.3 Å². The molecule has 1 aromatic rings. The molecule has 1 aromatic heterocycles. The van der Waals surface area contributed by atoms with Gasteiger partial charge in [-0.3, -0.25) is 4.90 Å². The van der Waals surface area contributed by atoms with Crippen molar-refractivity contribution in [2.45, 2.75) is 12.8 Å². The van der Waals surface area contributed by atoms with Crippen LogP contribution in [-0.4, -0.2) is 49.1 Å². The molecule has 0 N–H and O–H groups in total. The molecule has 1 fully saturated rings. The Bertz CT molecular complexity index is 347. The normalized spacial score (nSPS) is 18.1. The van der Waals surface area contributed by atoms with E-state index in [9.17, 15) is 0 Å². The van der Waals surface area contributed by atoms with E-state index >= 15 is 0 Å². The lowest BCUT2D eigenvalue weighted by Crippen LogP contribution is -2.46. The third-order valence-corrected chi connectivity index (χ3v) is 4.20. The van der Waals surface area contributed by atoms with Crippen LogP contribution >= 0.6 is 11.3 Å². The quantitative estimate of drug-likeness (QED) is 0.797. The SMILES string of the molecule is N#CCCN1CCN(CCc2cccs2)CC1. The predicted molar refractivity (Wildman–Crippen MR) is 71.1 cm³/mol. The average molecular weight is 249 g/mol. The molecule has 0 radical (unpaired) electrons. The maximum Gasteiger partial charge on any atom is 0.0635 e. The number of hydrogen-bond acceptors (Lipinski definition) is 4. The zero-order chi connectivity index (χ0) is 11.9. The Morgan fingerprint density at radius 1 is 1.18 bits per heavy atom. The van der Waals surface area contributed by atoms with Gasteiger partial charge in [0.2, 0.25) is 0 Å². The van der Waals surface area contributed by atoms with Crippen molar-refractivity contribution in [1.29, 1.82) is 5.26 Å². The molecule has 2 rings (SSSR count). The molecule has 0 saturated carbocycles. The molecule has 0 aromatic carbocycles. The molecule has 0 spiro atoms. The average Bonchev–Trinajstić information content (AvgIpc) is 2.88. The summed E-state index contributed by atoms with van der Waals surface area (Å²) in [5, 5.41) is 10.7. The van der Waals surface area contributed by atoms with Crippen LogP contribution < -0.4 is 0 Å². The number of piperazine rings is 1. The highest BCUT2D eigenvalue weighted by atomic mass is 32.1. The molecule has 17 heavy (non-hydrogen) atoms. The molecular weight excluding hydrogens is 230 g/mol. The van der Waals surface area contributed by atoms with Gasteiger partial charge in [-0.2, -0.15) is 5.26 Å². The van der Waals surface area contributed by atoms with E-state index in [0.29, 0.717) is 6.42 Å². The minimum atomic E-state index is 0.662. The maximum atomic E-state index is 8.55. The molecule has 4 heteroatoms. The Hall–Kier alpha value is -0.890. The van der Waals surface area contributed by atoms with Crippen LogP contribution in [0.2, 0.25) is 0 Å². The van der Waals surface area contributed by atoms with Crippen LogP contribution in [0.4, 0.5) is 0 Å². The van der Waals surface area contributed by atoms with Crippen molar-refractivity contribution in [2.75, 3.05) is 39.3 Å². The second kappa shape index (κ2) is 6.75. The van der Waals surface area contributed by atoms with Crippen LogP contribution in [0.15, 0.2) is 17.5 Å². The molecule has 1 saturated heterocycles. The van der Waals surface area contributed by atoms with Gasteiger partial charge in [-0.25, -0.2) is 0 Å². The fourth-order valence-electron chi connectivity index (χ4n) is 2.17. The molecule has 0 amide bonds.